The number of rotatable bonds is 5. The van der Waals surface area contributed by atoms with Gasteiger partial charge < -0.3 is 0 Å². The van der Waals surface area contributed by atoms with E-state index < -0.39 is 6.69 Å². The maximum absolute atomic E-state index is 6.03. The van der Waals surface area contributed by atoms with Crippen LogP contribution in [0.15, 0.2) is 0 Å². The first-order chi connectivity index (χ1) is 4.62. The summed E-state index contributed by atoms with van der Waals surface area (Å²) in [6.45, 7) is 0.226. The Morgan fingerprint density at radius 3 is 2.20 bits per heavy atom. The van der Waals surface area contributed by atoms with Gasteiger partial charge in [-0.3, -0.25) is 0 Å². The molecule has 0 amide bonds. The molecule has 0 saturated carbocycles. The van der Waals surface area contributed by atoms with Crippen molar-refractivity contribution in [2.75, 3.05) is 5.88 Å². The van der Waals surface area contributed by atoms with Crippen LogP contribution in [0.3, 0.4) is 0 Å². The maximum atomic E-state index is 6.03. The van der Waals surface area contributed by atoms with Gasteiger partial charge in [-0.2, -0.15) is 0 Å². The second-order valence-corrected chi connectivity index (χ2v) is 10.4. The molecule has 10 heavy (non-hydrogen) atoms. The molecule has 0 spiro atoms. The molecule has 0 N–H and O–H groups in total. The number of hydrogen-bond acceptors (Lipinski definition) is 0. The first-order valence-corrected chi connectivity index (χ1v) is 8.53. The molecule has 0 bridgehead atoms. The number of alkyl halides is 1. The number of unbranched alkanes of at least 4 members (excludes halogenated alkanes) is 1. The monoisotopic (exact) mass is 218 g/mol. The molecular formula is C6H13Cl3Si. The zero-order valence-corrected chi connectivity index (χ0v) is 9.44. The van der Waals surface area contributed by atoms with Crippen molar-refractivity contribution in [3.63, 3.8) is 0 Å². The lowest BCUT2D eigenvalue weighted by atomic mass is 10.4. The van der Waals surface area contributed by atoms with Crippen LogP contribution in [0.4, 0.5) is 0 Å². The van der Waals surface area contributed by atoms with Gasteiger partial charge >= 0.3 is 0 Å². The summed E-state index contributed by atoms with van der Waals surface area (Å²) in [7, 11) is 0. The molecule has 4 heteroatoms. The predicted molar refractivity (Wildman–Crippen MR) is 52.7 cm³/mol. The Bertz CT molecular complexity index is 85.1. The van der Waals surface area contributed by atoms with Gasteiger partial charge in [0.1, 0.15) is 0 Å². The third kappa shape index (κ3) is 5.84. The fraction of sp³-hybridized carbons (Fsp3) is 1.00. The normalized spacial score (nSPS) is 12.0. The molecule has 0 rings (SSSR count). The molecule has 0 fully saturated rings. The van der Waals surface area contributed by atoms with Crippen LogP contribution in [-0.4, -0.2) is 12.6 Å². The van der Waals surface area contributed by atoms with E-state index in [1.807, 2.05) is 0 Å². The minimum absolute atomic E-state index is 0.600. The zero-order chi connectivity index (χ0) is 8.04. The smallest absolute Gasteiger partial charge is 0.146 e. The number of halogens is 3. The van der Waals surface area contributed by atoms with E-state index in [9.17, 15) is 0 Å². The summed E-state index contributed by atoms with van der Waals surface area (Å²) >= 11 is 17.6. The van der Waals surface area contributed by atoms with Gasteiger partial charge in [0.05, 0.1) is 0 Å². The molecule has 0 aromatic heterocycles. The zero-order valence-electron chi connectivity index (χ0n) is 6.17. The Balaban J connectivity index is 3.42. The van der Waals surface area contributed by atoms with Crippen LogP contribution in [0.1, 0.15) is 19.8 Å². The molecule has 0 atom stereocenters. The van der Waals surface area contributed by atoms with Crippen molar-refractivity contribution < 1.29 is 0 Å². The predicted octanol–water partition coefficient (Wildman–Crippen LogP) is 3.95. The molecule has 0 aliphatic heterocycles. The van der Waals surface area contributed by atoms with E-state index in [4.69, 9.17) is 33.8 Å². The molecule has 0 radical (unpaired) electrons. The van der Waals surface area contributed by atoms with Crippen LogP contribution in [0.5, 0.6) is 0 Å². The summed E-state index contributed by atoms with van der Waals surface area (Å²) in [6.07, 6.45) is 2.30. The van der Waals surface area contributed by atoms with Crippen molar-refractivity contribution in [2.45, 2.75) is 31.9 Å². The Morgan fingerprint density at radius 1 is 1.20 bits per heavy atom. The lowest BCUT2D eigenvalue weighted by Gasteiger charge is -2.13. The van der Waals surface area contributed by atoms with Crippen LogP contribution in [0.2, 0.25) is 12.1 Å². The maximum Gasteiger partial charge on any atom is 0.252 e. The highest BCUT2D eigenvalue weighted by atomic mass is 35.7. The third-order valence-corrected chi connectivity index (χ3v) is 6.20. The summed E-state index contributed by atoms with van der Waals surface area (Å²) in [4.78, 5) is 0. The second-order valence-electron chi connectivity index (χ2n) is 2.40. The molecule has 0 heterocycles. The van der Waals surface area contributed by atoms with Gasteiger partial charge in [-0.15, -0.1) is 33.8 Å². The molecule has 0 nitrogen and oxygen atoms in total. The van der Waals surface area contributed by atoms with Crippen molar-refractivity contribution in [1.29, 1.82) is 0 Å². The topological polar surface area (TPSA) is 0 Å². The van der Waals surface area contributed by atoms with Crippen LogP contribution >= 0.6 is 33.8 Å². The van der Waals surface area contributed by atoms with Crippen LogP contribution in [-0.2, 0) is 0 Å². The quantitative estimate of drug-likeness (QED) is 0.373. The van der Waals surface area contributed by atoms with Gasteiger partial charge in [-0.05, 0) is 12.1 Å². The van der Waals surface area contributed by atoms with Gasteiger partial charge in [0, 0.05) is 5.88 Å². The van der Waals surface area contributed by atoms with Crippen LogP contribution in [0, 0.1) is 0 Å². The Kier molecular flexibility index (Phi) is 6.32. The highest BCUT2D eigenvalue weighted by Crippen LogP contribution is 2.27. The van der Waals surface area contributed by atoms with E-state index in [2.05, 4.69) is 6.92 Å². The average Bonchev–Trinajstić information content (AvgIpc) is 1.84. The minimum atomic E-state index is -1.91. The largest absolute Gasteiger partial charge is 0.252 e. The summed E-state index contributed by atoms with van der Waals surface area (Å²) in [5.74, 6) is 0.600. The lowest BCUT2D eigenvalue weighted by Crippen LogP contribution is -2.18. The molecule has 0 saturated heterocycles. The van der Waals surface area contributed by atoms with E-state index in [0.29, 0.717) is 5.88 Å². The standard InChI is InChI=1S/C6H13Cl3Si/c1-2-3-5-10(8,9)6-4-7/h2-6H2,1H3. The highest BCUT2D eigenvalue weighted by Gasteiger charge is 2.26. The molecule has 0 aromatic carbocycles. The average molecular weight is 220 g/mol. The minimum Gasteiger partial charge on any atom is -0.146 e. The van der Waals surface area contributed by atoms with Crippen molar-refractivity contribution >= 4 is 40.5 Å². The SMILES string of the molecule is CCCC[Si](Cl)(Cl)CCCl. The van der Waals surface area contributed by atoms with E-state index in [1.165, 1.54) is 0 Å². The Morgan fingerprint density at radius 2 is 1.80 bits per heavy atom. The summed E-state index contributed by atoms with van der Waals surface area (Å²) < 4.78 is 0. The van der Waals surface area contributed by atoms with E-state index in [0.717, 1.165) is 24.9 Å². The fourth-order valence-corrected chi connectivity index (χ4v) is 5.01. The van der Waals surface area contributed by atoms with Gasteiger partial charge in [0.15, 0.2) is 0 Å². The molecule has 0 aliphatic carbocycles. The lowest BCUT2D eigenvalue weighted by molar-refractivity contribution is 0.874. The molecule has 62 valence electrons. The van der Waals surface area contributed by atoms with Crippen molar-refractivity contribution in [2.24, 2.45) is 0 Å². The van der Waals surface area contributed by atoms with Crippen LogP contribution < -0.4 is 0 Å². The van der Waals surface area contributed by atoms with E-state index >= 15 is 0 Å². The fourth-order valence-electron chi connectivity index (χ4n) is 0.699. The Labute approximate surface area is 78.3 Å². The molecule has 0 aliphatic rings. The van der Waals surface area contributed by atoms with Gasteiger partial charge in [-0.1, -0.05) is 19.8 Å². The summed E-state index contributed by atoms with van der Waals surface area (Å²) in [5, 5.41) is 0. The summed E-state index contributed by atoms with van der Waals surface area (Å²) in [5.41, 5.74) is 0. The first kappa shape index (κ1) is 11.1. The van der Waals surface area contributed by atoms with Gasteiger partial charge in [0.25, 0.3) is 6.69 Å². The van der Waals surface area contributed by atoms with Crippen molar-refractivity contribution in [3.8, 4) is 0 Å². The second kappa shape index (κ2) is 5.70. The third-order valence-electron chi connectivity index (χ3n) is 1.36. The molecular weight excluding hydrogens is 207 g/mol. The molecule has 0 aromatic rings. The highest BCUT2D eigenvalue weighted by molar-refractivity contribution is 7.45. The van der Waals surface area contributed by atoms with E-state index in [-0.39, 0.29) is 0 Å². The summed E-state index contributed by atoms with van der Waals surface area (Å²) in [6, 6.07) is 1.80. The number of hydrogen-bond donors (Lipinski definition) is 0. The van der Waals surface area contributed by atoms with Crippen molar-refractivity contribution in [1.82, 2.24) is 0 Å². The van der Waals surface area contributed by atoms with E-state index in [1.54, 1.807) is 0 Å². The molecule has 0 unspecified atom stereocenters. The van der Waals surface area contributed by atoms with Crippen molar-refractivity contribution in [3.05, 3.63) is 0 Å². The first-order valence-electron chi connectivity index (χ1n) is 3.56. The van der Waals surface area contributed by atoms with Crippen LogP contribution in [0.25, 0.3) is 0 Å². The van der Waals surface area contributed by atoms with Gasteiger partial charge in [-0.25, -0.2) is 0 Å². The van der Waals surface area contributed by atoms with Gasteiger partial charge in [0.2, 0.25) is 0 Å². The Hall–Kier alpha value is 1.09.